The number of ether oxygens (including phenoxy) is 3. The summed E-state index contributed by atoms with van der Waals surface area (Å²) in [6.45, 7) is -2.91. The first-order chi connectivity index (χ1) is 25.2. The van der Waals surface area contributed by atoms with Crippen LogP contribution >= 0.6 is 0 Å². The highest BCUT2D eigenvalue weighted by atomic mass is 19.4. The molecule has 1 heterocycles. The first kappa shape index (κ1) is 40.9. The zero-order valence-corrected chi connectivity index (χ0v) is 27.3. The fraction of sp³-hybridized carbons (Fsp3) is 0.333. The first-order valence-electron chi connectivity index (χ1n) is 15.4. The standard InChI is InChI=1S/C33H26F9N3O9/c34-31(35,36)25(46)19-1-7-22(8-2-19)52-16-13-43-28(49)44(14-17-53-23-9-3-20(4-10-23)26(47)32(37,38)39)30(51)45(29(43)50)15-18-54-24-11-5-21(6-12-24)27(48)33(40,41)42/h1-5,7-12,21H,6,13-18H2. The minimum Gasteiger partial charge on any atom is -0.492 e. The molecule has 54 heavy (non-hydrogen) atoms. The van der Waals surface area contributed by atoms with Crippen LogP contribution in [-0.2, 0) is 29.2 Å². The van der Waals surface area contributed by atoms with Gasteiger partial charge in [-0.15, -0.1) is 0 Å². The maximum absolute atomic E-state index is 13.3. The Balaban J connectivity index is 1.51. The van der Waals surface area contributed by atoms with Crippen molar-refractivity contribution in [2.24, 2.45) is 5.92 Å². The van der Waals surface area contributed by atoms with Crippen LogP contribution in [0.2, 0.25) is 0 Å². The summed E-state index contributed by atoms with van der Waals surface area (Å²) >= 11 is 0. The average Bonchev–Trinajstić information content (AvgIpc) is 3.11. The zero-order chi connectivity index (χ0) is 40.0. The Morgan fingerprint density at radius 2 is 0.944 bits per heavy atom. The molecular weight excluding hydrogens is 753 g/mol. The first-order valence-corrected chi connectivity index (χ1v) is 15.4. The Morgan fingerprint density at radius 3 is 1.26 bits per heavy atom. The molecule has 0 aliphatic heterocycles. The summed E-state index contributed by atoms with van der Waals surface area (Å²) in [5.74, 6) is -7.70. The topological polar surface area (TPSA) is 145 Å². The van der Waals surface area contributed by atoms with Crippen molar-refractivity contribution in [2.45, 2.75) is 44.6 Å². The molecule has 1 atom stereocenters. The number of carbonyl (C=O) groups is 3. The van der Waals surface area contributed by atoms with Crippen LogP contribution in [0.1, 0.15) is 27.1 Å². The normalized spacial score (nSPS) is 14.7. The third-order valence-corrected chi connectivity index (χ3v) is 7.57. The van der Waals surface area contributed by atoms with Crippen molar-refractivity contribution in [2.75, 3.05) is 19.8 Å². The molecule has 0 amide bonds. The molecule has 0 bridgehead atoms. The molecule has 0 fully saturated rings. The molecule has 2 aromatic carbocycles. The van der Waals surface area contributed by atoms with E-state index in [0.29, 0.717) is 13.7 Å². The maximum Gasteiger partial charge on any atom is 0.454 e. The number of aromatic nitrogens is 3. The molecular formula is C33H26F9N3O9. The molecule has 12 nitrogen and oxygen atoms in total. The van der Waals surface area contributed by atoms with E-state index >= 15 is 0 Å². The van der Waals surface area contributed by atoms with E-state index in [1.54, 1.807) is 0 Å². The number of halogens is 9. The van der Waals surface area contributed by atoms with Gasteiger partial charge in [-0.25, -0.2) is 28.1 Å². The Labute approximate surface area is 296 Å². The van der Waals surface area contributed by atoms with Crippen molar-refractivity contribution in [1.29, 1.82) is 0 Å². The van der Waals surface area contributed by atoms with Crippen LogP contribution < -0.4 is 26.5 Å². The van der Waals surface area contributed by atoms with E-state index in [1.807, 2.05) is 0 Å². The molecule has 1 aliphatic carbocycles. The molecule has 0 saturated heterocycles. The van der Waals surface area contributed by atoms with E-state index in [0.717, 1.165) is 60.7 Å². The number of carbonyl (C=O) groups excluding carboxylic acids is 3. The molecule has 0 N–H and O–H groups in total. The molecule has 1 aliphatic rings. The fourth-order valence-electron chi connectivity index (χ4n) is 4.87. The van der Waals surface area contributed by atoms with Crippen molar-refractivity contribution in [3.63, 3.8) is 0 Å². The van der Waals surface area contributed by atoms with E-state index in [-0.39, 0.29) is 23.7 Å². The highest BCUT2D eigenvalue weighted by Crippen LogP contribution is 2.27. The molecule has 3 aromatic rings. The summed E-state index contributed by atoms with van der Waals surface area (Å²) < 4.78 is 132. The summed E-state index contributed by atoms with van der Waals surface area (Å²) in [7, 11) is 0. The quantitative estimate of drug-likeness (QED) is 0.162. The smallest absolute Gasteiger partial charge is 0.454 e. The van der Waals surface area contributed by atoms with Gasteiger partial charge < -0.3 is 14.2 Å². The van der Waals surface area contributed by atoms with Crippen LogP contribution in [0.3, 0.4) is 0 Å². The van der Waals surface area contributed by atoms with E-state index in [1.165, 1.54) is 6.08 Å². The van der Waals surface area contributed by atoms with Gasteiger partial charge in [0.25, 0.3) is 11.6 Å². The van der Waals surface area contributed by atoms with Gasteiger partial charge in [-0.1, -0.05) is 6.08 Å². The number of rotatable bonds is 15. The van der Waals surface area contributed by atoms with E-state index in [2.05, 4.69) is 0 Å². The third-order valence-electron chi connectivity index (χ3n) is 7.57. The number of allylic oxidation sites excluding steroid dienone is 3. The van der Waals surface area contributed by atoms with Crippen LogP contribution in [-0.4, -0.2) is 69.4 Å². The fourth-order valence-corrected chi connectivity index (χ4v) is 4.87. The summed E-state index contributed by atoms with van der Waals surface area (Å²) in [4.78, 5) is 74.2. The zero-order valence-electron chi connectivity index (χ0n) is 27.3. The van der Waals surface area contributed by atoms with Gasteiger partial charge in [0.2, 0.25) is 5.78 Å². The molecule has 0 spiro atoms. The predicted octanol–water partition coefficient (Wildman–Crippen LogP) is 4.43. The largest absolute Gasteiger partial charge is 0.492 e. The van der Waals surface area contributed by atoms with E-state index < -0.39 is 109 Å². The number of benzene rings is 2. The van der Waals surface area contributed by atoms with Gasteiger partial charge in [-0.2, -0.15) is 39.5 Å². The van der Waals surface area contributed by atoms with Crippen molar-refractivity contribution < 1.29 is 68.1 Å². The molecule has 4 rings (SSSR count). The Kier molecular flexibility index (Phi) is 12.4. The van der Waals surface area contributed by atoms with Crippen LogP contribution in [0.5, 0.6) is 11.5 Å². The summed E-state index contributed by atoms with van der Waals surface area (Å²) in [5, 5.41) is 0. The number of hydrogen-bond acceptors (Lipinski definition) is 9. The van der Waals surface area contributed by atoms with E-state index in [4.69, 9.17) is 14.2 Å². The number of alkyl halides is 9. The molecule has 0 saturated carbocycles. The van der Waals surface area contributed by atoms with Gasteiger partial charge in [-0.3, -0.25) is 14.4 Å². The SMILES string of the molecule is O=C(c1ccc(OCCn2c(=O)n(CCOC3=CCC(C(=O)C(F)(F)F)C=C3)c(=O)n(CCOc3ccc(C(=O)C(F)(F)F)cc3)c2=O)cc1)C(F)(F)F. The monoisotopic (exact) mass is 779 g/mol. The van der Waals surface area contributed by atoms with Crippen molar-refractivity contribution >= 4 is 17.3 Å². The Hall–Kier alpha value is -5.89. The molecule has 1 aromatic heterocycles. The Bertz CT molecular complexity index is 2000. The third kappa shape index (κ3) is 10.2. The maximum atomic E-state index is 13.3. The number of ketones is 3. The van der Waals surface area contributed by atoms with Crippen molar-refractivity contribution in [3.8, 4) is 11.5 Å². The van der Waals surface area contributed by atoms with E-state index in [9.17, 15) is 68.3 Å². The van der Waals surface area contributed by atoms with Gasteiger partial charge in [-0.05, 0) is 67.1 Å². The van der Waals surface area contributed by atoms with Gasteiger partial charge >= 0.3 is 35.6 Å². The molecule has 21 heteroatoms. The average molecular weight is 780 g/mol. The lowest BCUT2D eigenvalue weighted by atomic mass is 9.95. The molecule has 290 valence electrons. The summed E-state index contributed by atoms with van der Waals surface area (Å²) in [6, 6.07) is 7.53. The number of nitrogens with zero attached hydrogens (tertiary/aromatic N) is 3. The lowest BCUT2D eigenvalue weighted by Gasteiger charge is -2.18. The second kappa shape index (κ2) is 16.4. The van der Waals surface area contributed by atoms with Crippen molar-refractivity contribution in [1.82, 2.24) is 13.7 Å². The van der Waals surface area contributed by atoms with Crippen LogP contribution in [0, 0.1) is 5.92 Å². The number of Topliss-reactive ketones (excluding diaryl/α,β-unsaturated/α-hetero) is 3. The molecule has 0 radical (unpaired) electrons. The highest BCUT2D eigenvalue weighted by Gasteiger charge is 2.42. The van der Waals surface area contributed by atoms with Crippen LogP contribution in [0.15, 0.2) is 86.9 Å². The highest BCUT2D eigenvalue weighted by molar-refractivity contribution is 6.00. The van der Waals surface area contributed by atoms with Gasteiger partial charge in [0.1, 0.15) is 37.1 Å². The minimum absolute atomic E-state index is 0.0237. The van der Waals surface area contributed by atoms with Gasteiger partial charge in [0.15, 0.2) is 0 Å². The number of hydrogen-bond donors (Lipinski definition) is 0. The van der Waals surface area contributed by atoms with Gasteiger partial charge in [0.05, 0.1) is 19.6 Å². The predicted molar refractivity (Wildman–Crippen MR) is 166 cm³/mol. The van der Waals surface area contributed by atoms with Gasteiger partial charge in [0, 0.05) is 17.0 Å². The van der Waals surface area contributed by atoms with Crippen LogP contribution in [0.25, 0.3) is 0 Å². The lowest BCUT2D eigenvalue weighted by molar-refractivity contribution is -0.174. The summed E-state index contributed by atoms with van der Waals surface area (Å²) in [5.41, 5.74) is -4.83. The second-order valence-electron chi connectivity index (χ2n) is 11.2. The second-order valence-corrected chi connectivity index (χ2v) is 11.2. The summed E-state index contributed by atoms with van der Waals surface area (Å²) in [6.07, 6.45) is -12.3. The lowest BCUT2D eigenvalue weighted by Crippen LogP contribution is -2.55. The molecule has 1 unspecified atom stereocenters. The van der Waals surface area contributed by atoms with Crippen LogP contribution in [0.4, 0.5) is 39.5 Å². The van der Waals surface area contributed by atoms with Crippen molar-refractivity contribution in [3.05, 3.63) is 115 Å². The Morgan fingerprint density at radius 1 is 0.574 bits per heavy atom. The minimum atomic E-state index is -5.12.